The molecular formula is C20H27N3O4S2. The fourth-order valence-corrected chi connectivity index (χ4v) is 7.37. The molecular weight excluding hydrogens is 410 g/mol. The zero-order valence-corrected chi connectivity index (χ0v) is 18.5. The van der Waals surface area contributed by atoms with Crippen molar-refractivity contribution in [2.24, 2.45) is 0 Å². The van der Waals surface area contributed by atoms with Crippen LogP contribution in [0.4, 0.5) is 0 Å². The summed E-state index contributed by atoms with van der Waals surface area (Å²) in [5.41, 5.74) is 0.711. The van der Waals surface area contributed by atoms with E-state index in [9.17, 15) is 18.0 Å². The highest BCUT2D eigenvalue weighted by Gasteiger charge is 2.38. The van der Waals surface area contributed by atoms with Gasteiger partial charge in [0.2, 0.25) is 5.91 Å². The minimum absolute atomic E-state index is 0.0320. The van der Waals surface area contributed by atoms with E-state index in [-0.39, 0.29) is 41.6 Å². The Balaban J connectivity index is 1.64. The van der Waals surface area contributed by atoms with Crippen LogP contribution in [0, 0.1) is 13.8 Å². The minimum atomic E-state index is -3.10. The van der Waals surface area contributed by atoms with Gasteiger partial charge in [0.15, 0.2) is 9.84 Å². The largest absolute Gasteiger partial charge is 0.334 e. The summed E-state index contributed by atoms with van der Waals surface area (Å²) in [7, 11) is -3.10. The summed E-state index contributed by atoms with van der Waals surface area (Å²) >= 11 is 1.48. The molecule has 2 fully saturated rings. The lowest BCUT2D eigenvalue weighted by molar-refractivity contribution is -0.137. The highest BCUT2D eigenvalue weighted by molar-refractivity contribution is 7.91. The molecule has 158 valence electrons. The number of aromatic nitrogens is 2. The standard InChI is InChI=1S/C20H27N3O4S2/c1-13-14(2)28-19-18(13)20(25)22(12-21-19)10-17(24)23(15-6-4-3-5-7-15)16-8-9-29(26,27)11-16/h12,15-16H,3-11H2,1-2H3. The van der Waals surface area contributed by atoms with E-state index in [1.54, 1.807) is 4.90 Å². The molecule has 1 atom stereocenters. The maximum absolute atomic E-state index is 13.3. The Morgan fingerprint density at radius 2 is 1.93 bits per heavy atom. The van der Waals surface area contributed by atoms with Gasteiger partial charge in [-0.15, -0.1) is 11.3 Å². The second-order valence-electron chi connectivity index (χ2n) is 8.29. The zero-order valence-electron chi connectivity index (χ0n) is 16.9. The number of aryl methyl sites for hydroxylation is 2. The molecule has 2 aromatic rings. The Hall–Kier alpha value is -1.74. The molecule has 1 unspecified atom stereocenters. The monoisotopic (exact) mass is 437 g/mol. The summed E-state index contributed by atoms with van der Waals surface area (Å²) in [6.07, 6.45) is 6.98. The molecule has 4 rings (SSSR count). The van der Waals surface area contributed by atoms with Gasteiger partial charge in [0.05, 0.1) is 23.2 Å². The number of sulfone groups is 1. The number of rotatable bonds is 4. The molecule has 1 amide bonds. The molecule has 2 aromatic heterocycles. The van der Waals surface area contributed by atoms with Crippen LogP contribution >= 0.6 is 11.3 Å². The third-order valence-electron chi connectivity index (χ3n) is 6.32. The van der Waals surface area contributed by atoms with Crippen LogP contribution in [0.15, 0.2) is 11.1 Å². The van der Waals surface area contributed by atoms with Gasteiger partial charge in [-0.05, 0) is 38.7 Å². The summed E-state index contributed by atoms with van der Waals surface area (Å²) in [5, 5.41) is 0.579. The van der Waals surface area contributed by atoms with E-state index in [1.165, 1.54) is 22.2 Å². The van der Waals surface area contributed by atoms with Crippen molar-refractivity contribution in [1.82, 2.24) is 14.5 Å². The predicted molar refractivity (Wildman–Crippen MR) is 114 cm³/mol. The van der Waals surface area contributed by atoms with Gasteiger partial charge in [0.1, 0.15) is 11.4 Å². The summed E-state index contributed by atoms with van der Waals surface area (Å²) in [5.74, 6) is -0.00827. The average molecular weight is 438 g/mol. The SMILES string of the molecule is Cc1sc2ncn(CC(=O)N(C3CCCCC3)C3CCS(=O)(=O)C3)c(=O)c2c1C. The number of nitrogens with zero attached hydrogens (tertiary/aromatic N) is 3. The molecule has 0 radical (unpaired) electrons. The zero-order chi connectivity index (χ0) is 20.8. The van der Waals surface area contributed by atoms with Gasteiger partial charge in [-0.25, -0.2) is 13.4 Å². The van der Waals surface area contributed by atoms with Crippen LogP contribution in [0.1, 0.15) is 49.0 Å². The maximum Gasteiger partial charge on any atom is 0.262 e. The smallest absolute Gasteiger partial charge is 0.262 e. The number of carbonyl (C=O) groups excluding carboxylic acids is 1. The maximum atomic E-state index is 13.3. The molecule has 1 aliphatic carbocycles. The Morgan fingerprint density at radius 3 is 2.59 bits per heavy atom. The molecule has 29 heavy (non-hydrogen) atoms. The highest BCUT2D eigenvalue weighted by Crippen LogP contribution is 2.29. The van der Waals surface area contributed by atoms with Gasteiger partial charge in [0, 0.05) is 17.0 Å². The van der Waals surface area contributed by atoms with E-state index in [0.29, 0.717) is 16.6 Å². The molecule has 1 saturated carbocycles. The van der Waals surface area contributed by atoms with E-state index < -0.39 is 9.84 Å². The molecule has 3 heterocycles. The van der Waals surface area contributed by atoms with Gasteiger partial charge >= 0.3 is 0 Å². The summed E-state index contributed by atoms with van der Waals surface area (Å²) < 4.78 is 25.5. The second-order valence-corrected chi connectivity index (χ2v) is 11.7. The molecule has 0 aromatic carbocycles. The molecule has 1 aliphatic heterocycles. The van der Waals surface area contributed by atoms with Gasteiger partial charge in [-0.1, -0.05) is 19.3 Å². The van der Waals surface area contributed by atoms with Gasteiger partial charge < -0.3 is 4.90 Å². The van der Waals surface area contributed by atoms with Crippen LogP contribution in [0.25, 0.3) is 10.2 Å². The van der Waals surface area contributed by atoms with Crippen LogP contribution in [0.5, 0.6) is 0 Å². The van der Waals surface area contributed by atoms with Crippen molar-refractivity contribution in [1.29, 1.82) is 0 Å². The number of carbonyl (C=O) groups is 1. The first kappa shape index (κ1) is 20.5. The predicted octanol–water partition coefficient (Wildman–Crippen LogP) is 2.42. The molecule has 0 N–H and O–H groups in total. The van der Waals surface area contributed by atoms with Crippen molar-refractivity contribution in [2.45, 2.75) is 71.0 Å². The number of hydrogen-bond acceptors (Lipinski definition) is 6. The van der Waals surface area contributed by atoms with Crippen LogP contribution < -0.4 is 5.56 Å². The quantitative estimate of drug-likeness (QED) is 0.733. The van der Waals surface area contributed by atoms with E-state index in [2.05, 4.69) is 4.98 Å². The minimum Gasteiger partial charge on any atom is -0.334 e. The first-order chi connectivity index (χ1) is 13.8. The topological polar surface area (TPSA) is 89.3 Å². The number of hydrogen-bond donors (Lipinski definition) is 0. The Kier molecular flexibility index (Phi) is 5.54. The average Bonchev–Trinajstić information content (AvgIpc) is 3.18. The van der Waals surface area contributed by atoms with Crippen molar-refractivity contribution >= 4 is 37.3 Å². The van der Waals surface area contributed by atoms with E-state index >= 15 is 0 Å². The summed E-state index contributed by atoms with van der Waals surface area (Å²) in [6.45, 7) is 3.77. The number of thiophene rings is 1. The lowest BCUT2D eigenvalue weighted by Gasteiger charge is -2.38. The van der Waals surface area contributed by atoms with Gasteiger partial charge in [0.25, 0.3) is 5.56 Å². The summed E-state index contributed by atoms with van der Waals surface area (Å²) in [6, 6.07) is -0.222. The first-order valence-corrected chi connectivity index (χ1v) is 12.9. The van der Waals surface area contributed by atoms with Crippen molar-refractivity contribution in [3.8, 4) is 0 Å². The molecule has 9 heteroatoms. The van der Waals surface area contributed by atoms with Crippen LogP contribution in [-0.2, 0) is 21.2 Å². The van der Waals surface area contributed by atoms with E-state index in [1.807, 2.05) is 13.8 Å². The van der Waals surface area contributed by atoms with Crippen molar-refractivity contribution in [3.05, 3.63) is 27.1 Å². The van der Waals surface area contributed by atoms with Crippen LogP contribution in [0.3, 0.4) is 0 Å². The van der Waals surface area contributed by atoms with Crippen molar-refractivity contribution < 1.29 is 13.2 Å². The van der Waals surface area contributed by atoms with Gasteiger partial charge in [-0.2, -0.15) is 0 Å². The second kappa shape index (κ2) is 7.83. The Labute approximate surface area is 174 Å². The lowest BCUT2D eigenvalue weighted by Crippen LogP contribution is -2.50. The Bertz CT molecular complexity index is 1100. The molecule has 0 spiro atoms. The van der Waals surface area contributed by atoms with Crippen LogP contribution in [0.2, 0.25) is 0 Å². The van der Waals surface area contributed by atoms with Crippen LogP contribution in [-0.4, -0.2) is 52.4 Å². The number of amides is 1. The number of fused-ring (bicyclic) bond motifs is 1. The van der Waals surface area contributed by atoms with E-state index in [0.717, 1.165) is 42.5 Å². The fourth-order valence-electron chi connectivity index (χ4n) is 4.67. The fraction of sp³-hybridized carbons (Fsp3) is 0.650. The highest BCUT2D eigenvalue weighted by atomic mass is 32.2. The molecule has 1 saturated heterocycles. The molecule has 7 nitrogen and oxygen atoms in total. The van der Waals surface area contributed by atoms with Crippen molar-refractivity contribution in [2.75, 3.05) is 11.5 Å². The van der Waals surface area contributed by atoms with Gasteiger partial charge in [-0.3, -0.25) is 14.2 Å². The lowest BCUT2D eigenvalue weighted by atomic mass is 9.93. The Morgan fingerprint density at radius 1 is 1.21 bits per heavy atom. The normalized spacial score (nSPS) is 22.2. The van der Waals surface area contributed by atoms with Crippen molar-refractivity contribution in [3.63, 3.8) is 0 Å². The summed E-state index contributed by atoms with van der Waals surface area (Å²) in [4.78, 5) is 34.2. The third kappa shape index (κ3) is 3.99. The van der Waals surface area contributed by atoms with E-state index in [4.69, 9.17) is 0 Å². The molecule has 0 bridgehead atoms. The third-order valence-corrected chi connectivity index (χ3v) is 9.18. The first-order valence-electron chi connectivity index (χ1n) is 10.2. The molecule has 2 aliphatic rings.